The first-order chi connectivity index (χ1) is 6.78. The van der Waals surface area contributed by atoms with Crippen LogP contribution >= 0.6 is 0 Å². The molecule has 2 N–H and O–H groups in total. The molecule has 0 radical (unpaired) electrons. The van der Waals surface area contributed by atoms with Crippen molar-refractivity contribution in [2.24, 2.45) is 10.7 Å². The number of guanidine groups is 1. The molecule has 2 rings (SSSR count). The Hall–Kier alpha value is -1.03. The second-order valence-corrected chi connectivity index (χ2v) is 3.91. The Morgan fingerprint density at radius 3 is 2.93 bits per heavy atom. The molecule has 1 fully saturated rings. The second kappa shape index (κ2) is 3.61. The largest absolute Gasteiger partial charge is 0.381 e. The van der Waals surface area contributed by atoms with Crippen LogP contribution in [-0.4, -0.2) is 42.7 Å². The first kappa shape index (κ1) is 9.52. The molecular formula is C10H17N3O. The smallest absolute Gasteiger partial charge is 0.192 e. The van der Waals surface area contributed by atoms with Gasteiger partial charge >= 0.3 is 0 Å². The molecule has 0 atom stereocenters. The normalized spacial score (nSPS) is 25.1. The van der Waals surface area contributed by atoms with Crippen molar-refractivity contribution in [3.8, 4) is 0 Å². The van der Waals surface area contributed by atoms with Crippen LogP contribution in [0.25, 0.3) is 0 Å². The van der Waals surface area contributed by atoms with Crippen molar-refractivity contribution in [1.82, 2.24) is 4.90 Å². The zero-order valence-corrected chi connectivity index (χ0v) is 8.41. The average Bonchev–Trinajstić information content (AvgIpc) is 2.49. The summed E-state index contributed by atoms with van der Waals surface area (Å²) in [6.45, 7) is 6.99. The summed E-state index contributed by atoms with van der Waals surface area (Å²) < 4.78 is 5.37. The van der Waals surface area contributed by atoms with Gasteiger partial charge in [-0.15, -0.1) is 6.58 Å². The highest BCUT2D eigenvalue weighted by Crippen LogP contribution is 2.31. The molecule has 1 saturated heterocycles. The van der Waals surface area contributed by atoms with Gasteiger partial charge in [-0.05, 0) is 12.8 Å². The lowest BCUT2D eigenvalue weighted by Crippen LogP contribution is -2.54. The van der Waals surface area contributed by atoms with E-state index in [1.54, 1.807) is 0 Å². The number of rotatable bonds is 2. The van der Waals surface area contributed by atoms with E-state index in [1.807, 2.05) is 6.08 Å². The van der Waals surface area contributed by atoms with Crippen molar-refractivity contribution >= 4 is 5.96 Å². The maximum absolute atomic E-state index is 5.86. The topological polar surface area (TPSA) is 50.8 Å². The Morgan fingerprint density at radius 2 is 2.29 bits per heavy atom. The van der Waals surface area contributed by atoms with Crippen LogP contribution in [-0.2, 0) is 4.74 Å². The van der Waals surface area contributed by atoms with E-state index >= 15 is 0 Å². The van der Waals surface area contributed by atoms with Gasteiger partial charge in [0.15, 0.2) is 5.96 Å². The summed E-state index contributed by atoms with van der Waals surface area (Å²) in [7, 11) is 0. The molecule has 14 heavy (non-hydrogen) atoms. The molecular weight excluding hydrogens is 178 g/mol. The summed E-state index contributed by atoms with van der Waals surface area (Å²) in [4.78, 5) is 6.50. The van der Waals surface area contributed by atoms with Gasteiger partial charge in [-0.25, -0.2) is 0 Å². The molecule has 0 aromatic rings. The molecule has 0 aromatic carbocycles. The summed E-state index contributed by atoms with van der Waals surface area (Å²) >= 11 is 0. The fourth-order valence-electron chi connectivity index (χ4n) is 2.24. The Balaban J connectivity index is 2.14. The standard InChI is InChI=1S/C10H17N3O/c1-2-5-13-9(11)12-8-10(13)3-6-14-7-4-10/h2H,1,3-8H2,(H2,11,12). The van der Waals surface area contributed by atoms with Gasteiger partial charge in [0, 0.05) is 19.8 Å². The van der Waals surface area contributed by atoms with Gasteiger partial charge in [0.2, 0.25) is 0 Å². The molecule has 0 aromatic heterocycles. The van der Waals surface area contributed by atoms with Gasteiger partial charge in [0.25, 0.3) is 0 Å². The minimum absolute atomic E-state index is 0.122. The second-order valence-electron chi connectivity index (χ2n) is 3.91. The maximum atomic E-state index is 5.86. The van der Waals surface area contributed by atoms with E-state index in [0.29, 0.717) is 5.96 Å². The predicted octanol–water partition coefficient (Wildman–Crippen LogP) is 0.352. The fourth-order valence-corrected chi connectivity index (χ4v) is 2.24. The molecule has 0 saturated carbocycles. The zero-order valence-electron chi connectivity index (χ0n) is 8.41. The van der Waals surface area contributed by atoms with Crippen LogP contribution in [0.5, 0.6) is 0 Å². The minimum atomic E-state index is 0.122. The Morgan fingerprint density at radius 1 is 1.57 bits per heavy atom. The number of hydrogen-bond donors (Lipinski definition) is 1. The van der Waals surface area contributed by atoms with Crippen LogP contribution in [0.15, 0.2) is 17.6 Å². The van der Waals surface area contributed by atoms with Crippen molar-refractivity contribution in [2.45, 2.75) is 18.4 Å². The third kappa shape index (κ3) is 1.39. The molecule has 2 aliphatic rings. The van der Waals surface area contributed by atoms with Gasteiger partial charge in [-0.1, -0.05) is 6.08 Å². The maximum Gasteiger partial charge on any atom is 0.192 e. The van der Waals surface area contributed by atoms with Crippen LogP contribution in [0.2, 0.25) is 0 Å². The van der Waals surface area contributed by atoms with Gasteiger partial charge in [0.05, 0.1) is 12.1 Å². The molecule has 0 amide bonds. The summed E-state index contributed by atoms with van der Waals surface area (Å²) in [5, 5.41) is 0. The van der Waals surface area contributed by atoms with E-state index in [2.05, 4.69) is 16.5 Å². The summed E-state index contributed by atoms with van der Waals surface area (Å²) in [6.07, 6.45) is 3.92. The molecule has 0 aliphatic carbocycles. The SMILES string of the molecule is C=CCN1C(N)=NCC12CCOCC2. The van der Waals surface area contributed by atoms with Gasteiger partial charge < -0.3 is 15.4 Å². The van der Waals surface area contributed by atoms with Gasteiger partial charge in [0.1, 0.15) is 0 Å². The van der Waals surface area contributed by atoms with Crippen LogP contribution < -0.4 is 5.73 Å². The fraction of sp³-hybridized carbons (Fsp3) is 0.700. The first-order valence-corrected chi connectivity index (χ1v) is 5.05. The molecule has 4 heteroatoms. The Labute approximate surface area is 84.4 Å². The van der Waals surface area contributed by atoms with E-state index in [0.717, 1.165) is 39.1 Å². The van der Waals surface area contributed by atoms with E-state index in [4.69, 9.17) is 10.5 Å². The monoisotopic (exact) mass is 195 g/mol. The van der Waals surface area contributed by atoms with E-state index < -0.39 is 0 Å². The third-order valence-corrected chi connectivity index (χ3v) is 3.12. The lowest BCUT2D eigenvalue weighted by atomic mass is 9.89. The number of nitrogens with two attached hydrogens (primary N) is 1. The van der Waals surface area contributed by atoms with Gasteiger partial charge in [-0.3, -0.25) is 4.99 Å². The Kier molecular flexibility index (Phi) is 2.46. The van der Waals surface area contributed by atoms with Crippen LogP contribution in [0.1, 0.15) is 12.8 Å². The number of nitrogens with zero attached hydrogens (tertiary/aromatic N) is 2. The van der Waals surface area contributed by atoms with E-state index in [-0.39, 0.29) is 5.54 Å². The highest BCUT2D eigenvalue weighted by Gasteiger charge is 2.42. The molecule has 2 aliphatic heterocycles. The zero-order chi connectivity index (χ0) is 10.0. The number of hydrogen-bond acceptors (Lipinski definition) is 4. The van der Waals surface area contributed by atoms with Crippen LogP contribution in [0.3, 0.4) is 0 Å². The molecule has 2 heterocycles. The quantitative estimate of drug-likeness (QED) is 0.647. The van der Waals surface area contributed by atoms with Crippen molar-refractivity contribution in [1.29, 1.82) is 0 Å². The lowest BCUT2D eigenvalue weighted by molar-refractivity contribution is 0.0146. The molecule has 0 bridgehead atoms. The van der Waals surface area contributed by atoms with Crippen molar-refractivity contribution < 1.29 is 4.74 Å². The highest BCUT2D eigenvalue weighted by atomic mass is 16.5. The van der Waals surface area contributed by atoms with Gasteiger partial charge in [-0.2, -0.15) is 0 Å². The number of ether oxygens (including phenoxy) is 1. The molecule has 1 spiro atoms. The van der Waals surface area contributed by atoms with Crippen molar-refractivity contribution in [3.63, 3.8) is 0 Å². The molecule has 4 nitrogen and oxygen atoms in total. The highest BCUT2D eigenvalue weighted by molar-refractivity contribution is 5.81. The van der Waals surface area contributed by atoms with Crippen LogP contribution in [0, 0.1) is 0 Å². The summed E-state index contributed by atoms with van der Waals surface area (Å²) in [5.41, 5.74) is 5.98. The number of aliphatic imine (C=N–C) groups is 1. The van der Waals surface area contributed by atoms with E-state index in [9.17, 15) is 0 Å². The average molecular weight is 195 g/mol. The third-order valence-electron chi connectivity index (χ3n) is 3.12. The molecule has 78 valence electrons. The van der Waals surface area contributed by atoms with Crippen molar-refractivity contribution in [3.05, 3.63) is 12.7 Å². The predicted molar refractivity (Wildman–Crippen MR) is 56.2 cm³/mol. The molecule has 0 unspecified atom stereocenters. The summed E-state index contributed by atoms with van der Waals surface area (Å²) in [5.74, 6) is 0.659. The Bertz CT molecular complexity index is 256. The summed E-state index contributed by atoms with van der Waals surface area (Å²) in [6, 6.07) is 0. The van der Waals surface area contributed by atoms with Crippen molar-refractivity contribution in [2.75, 3.05) is 26.3 Å². The lowest BCUT2D eigenvalue weighted by Gasteiger charge is -2.41. The minimum Gasteiger partial charge on any atom is -0.381 e. The first-order valence-electron chi connectivity index (χ1n) is 5.05. The van der Waals surface area contributed by atoms with Crippen LogP contribution in [0.4, 0.5) is 0 Å². The van der Waals surface area contributed by atoms with E-state index in [1.165, 1.54) is 0 Å².